The van der Waals surface area contributed by atoms with E-state index in [9.17, 15) is 22.8 Å². The minimum Gasteiger partial charge on any atom is -0.395 e. The summed E-state index contributed by atoms with van der Waals surface area (Å²) in [5.74, 6) is -1.10. The summed E-state index contributed by atoms with van der Waals surface area (Å²) in [6.07, 6.45) is 0.547. The number of aromatic amines is 1. The number of halogens is 3. The number of aliphatic hydroxyl groups excluding tert-OH is 1. The number of alkyl halides is 3. The average molecular weight is 478 g/mol. The molecule has 1 aliphatic carbocycles. The van der Waals surface area contributed by atoms with Crippen LogP contribution in [0, 0.1) is 0 Å². The number of hydrogen-bond acceptors (Lipinski definition) is 8. The van der Waals surface area contributed by atoms with Crippen molar-refractivity contribution in [2.24, 2.45) is 0 Å². The first-order chi connectivity index (χ1) is 16.1. The Hall–Kier alpha value is -3.81. The van der Waals surface area contributed by atoms with Crippen LogP contribution < -0.4 is 10.6 Å². The van der Waals surface area contributed by atoms with Gasteiger partial charge in [0.15, 0.2) is 5.82 Å². The van der Waals surface area contributed by atoms with Crippen LogP contribution >= 0.6 is 0 Å². The second-order valence-corrected chi connectivity index (χ2v) is 7.90. The first-order valence-corrected chi connectivity index (χ1v) is 10.3. The van der Waals surface area contributed by atoms with Gasteiger partial charge in [-0.25, -0.2) is 19.9 Å². The van der Waals surface area contributed by atoms with E-state index in [0.29, 0.717) is 29.4 Å². The zero-order valence-corrected chi connectivity index (χ0v) is 18.0. The Kier molecular flexibility index (Phi) is 6.08. The number of aromatic nitrogens is 5. The van der Waals surface area contributed by atoms with Crippen LogP contribution in [0.2, 0.25) is 0 Å². The molecule has 1 saturated carbocycles. The van der Waals surface area contributed by atoms with Crippen molar-refractivity contribution in [3.63, 3.8) is 0 Å². The molecule has 0 atom stereocenters. The van der Waals surface area contributed by atoms with Crippen molar-refractivity contribution in [3.8, 4) is 11.4 Å². The fraction of sp³-hybridized carbons (Fsp3) is 0.400. The number of rotatable bonds is 8. The van der Waals surface area contributed by atoms with Gasteiger partial charge in [-0.3, -0.25) is 9.59 Å². The number of amides is 2. The monoisotopic (exact) mass is 478 g/mol. The summed E-state index contributed by atoms with van der Waals surface area (Å²) in [5, 5.41) is 14.5. The number of fused-ring (bicyclic) bond motifs is 1. The van der Waals surface area contributed by atoms with Crippen LogP contribution in [0.4, 0.5) is 19.0 Å². The van der Waals surface area contributed by atoms with Crippen molar-refractivity contribution in [1.82, 2.24) is 35.1 Å². The molecule has 180 valence electrons. The fourth-order valence-electron chi connectivity index (χ4n) is 3.36. The Morgan fingerprint density at radius 3 is 2.74 bits per heavy atom. The molecule has 4 N–H and O–H groups in total. The van der Waals surface area contributed by atoms with Gasteiger partial charge in [0.1, 0.15) is 35.6 Å². The van der Waals surface area contributed by atoms with Crippen molar-refractivity contribution < 1.29 is 27.9 Å². The van der Waals surface area contributed by atoms with Crippen LogP contribution in [0.15, 0.2) is 24.8 Å². The lowest BCUT2D eigenvalue weighted by Gasteiger charge is -2.20. The van der Waals surface area contributed by atoms with Crippen molar-refractivity contribution >= 4 is 28.7 Å². The number of H-pyrrole nitrogens is 1. The van der Waals surface area contributed by atoms with Gasteiger partial charge in [-0.2, -0.15) is 13.2 Å². The zero-order chi connectivity index (χ0) is 24.5. The first kappa shape index (κ1) is 23.4. The number of anilines is 1. The predicted octanol–water partition coefficient (Wildman–Crippen LogP) is 1.10. The second-order valence-electron chi connectivity index (χ2n) is 7.90. The van der Waals surface area contributed by atoms with Crippen LogP contribution in [0.25, 0.3) is 22.4 Å². The van der Waals surface area contributed by atoms with E-state index in [2.05, 4.69) is 30.2 Å². The normalized spacial score (nSPS) is 14.6. The van der Waals surface area contributed by atoms with Crippen molar-refractivity contribution in [2.45, 2.75) is 24.6 Å². The lowest BCUT2D eigenvalue weighted by molar-refractivity contribution is -0.139. The molecule has 11 nitrogen and oxygen atoms in total. The maximum absolute atomic E-state index is 12.9. The van der Waals surface area contributed by atoms with Gasteiger partial charge in [0.2, 0.25) is 5.91 Å². The summed E-state index contributed by atoms with van der Waals surface area (Å²) in [6, 6.07) is 1.32. The molecular weight excluding hydrogens is 457 g/mol. The maximum atomic E-state index is 12.9. The third kappa shape index (κ3) is 4.90. The minimum atomic E-state index is -4.54. The summed E-state index contributed by atoms with van der Waals surface area (Å²) >= 11 is 0. The summed E-state index contributed by atoms with van der Waals surface area (Å²) in [4.78, 5) is 46.4. The number of hydrogen-bond donors (Lipinski definition) is 4. The van der Waals surface area contributed by atoms with Crippen molar-refractivity contribution in [1.29, 1.82) is 0 Å². The van der Waals surface area contributed by atoms with Gasteiger partial charge in [-0.05, 0) is 12.8 Å². The Balaban J connectivity index is 1.69. The molecule has 1 fully saturated rings. The summed E-state index contributed by atoms with van der Waals surface area (Å²) in [7, 11) is 1.49. The Morgan fingerprint density at radius 1 is 1.29 bits per heavy atom. The number of aliphatic hydroxyl groups is 1. The SMILES string of the molecule is CN(CCO)C(=O)c1cc(NC2(C(=O)NCC(F)(F)F)CC2)nc(-c2c[nH]c3ncncc23)n1. The first-order valence-electron chi connectivity index (χ1n) is 10.3. The van der Waals surface area contributed by atoms with E-state index in [1.807, 2.05) is 5.32 Å². The molecule has 0 radical (unpaired) electrons. The van der Waals surface area contributed by atoms with Gasteiger partial charge >= 0.3 is 6.18 Å². The molecule has 2 amide bonds. The van der Waals surface area contributed by atoms with Crippen LogP contribution in [-0.4, -0.2) is 85.2 Å². The van der Waals surface area contributed by atoms with Gasteiger partial charge < -0.3 is 25.6 Å². The van der Waals surface area contributed by atoms with Gasteiger partial charge in [-0.15, -0.1) is 0 Å². The Morgan fingerprint density at radius 2 is 2.06 bits per heavy atom. The molecule has 3 heterocycles. The van der Waals surface area contributed by atoms with Crippen LogP contribution in [0.3, 0.4) is 0 Å². The smallest absolute Gasteiger partial charge is 0.395 e. The molecule has 4 rings (SSSR count). The molecule has 3 aromatic rings. The molecule has 0 bridgehead atoms. The van der Waals surface area contributed by atoms with E-state index in [1.165, 1.54) is 24.3 Å². The highest BCUT2D eigenvalue weighted by Crippen LogP contribution is 2.39. The molecule has 34 heavy (non-hydrogen) atoms. The molecular formula is C20H21F3N8O3. The minimum absolute atomic E-state index is 0.0267. The second kappa shape index (κ2) is 8.85. The lowest BCUT2D eigenvalue weighted by Crippen LogP contribution is -2.45. The fourth-order valence-corrected chi connectivity index (χ4v) is 3.36. The lowest BCUT2D eigenvalue weighted by atomic mass is 10.2. The highest BCUT2D eigenvalue weighted by Gasteiger charge is 2.51. The number of likely N-dealkylation sites (N-methyl/N-ethyl adjacent to an activating group) is 1. The van der Waals surface area contributed by atoms with E-state index in [-0.39, 0.29) is 30.5 Å². The molecule has 3 aromatic heterocycles. The van der Waals surface area contributed by atoms with Crippen molar-refractivity contribution in [3.05, 3.63) is 30.5 Å². The largest absolute Gasteiger partial charge is 0.405 e. The number of nitrogens with zero attached hydrogens (tertiary/aromatic N) is 5. The standard InChI is InChI=1S/C20H21F3N8O3/c1-31(4-5-32)17(33)13-6-14(30-19(2-3-19)18(34)26-9-20(21,22)23)29-16(28-13)12-8-25-15-11(12)7-24-10-27-15/h6-8,10,32H,2-5,9H2,1H3,(H,26,34)(H,24,25,27)(H,28,29,30). The summed E-state index contributed by atoms with van der Waals surface area (Å²) in [5.41, 5.74) is -0.287. The molecule has 0 saturated heterocycles. The highest BCUT2D eigenvalue weighted by molar-refractivity contribution is 5.96. The molecule has 0 aliphatic heterocycles. The van der Waals surface area contributed by atoms with E-state index in [4.69, 9.17) is 5.11 Å². The van der Waals surface area contributed by atoms with Crippen molar-refractivity contribution in [2.75, 3.05) is 32.1 Å². The topological polar surface area (TPSA) is 149 Å². The number of carbonyl (C=O) groups is 2. The zero-order valence-electron chi connectivity index (χ0n) is 18.0. The molecule has 1 aliphatic rings. The Bertz CT molecular complexity index is 1230. The average Bonchev–Trinajstić information content (AvgIpc) is 3.45. The highest BCUT2D eigenvalue weighted by atomic mass is 19.4. The predicted molar refractivity (Wildman–Crippen MR) is 114 cm³/mol. The van der Waals surface area contributed by atoms with Crippen LogP contribution in [-0.2, 0) is 4.79 Å². The molecule has 14 heteroatoms. The number of nitrogens with one attached hydrogen (secondary N) is 3. The summed E-state index contributed by atoms with van der Waals surface area (Å²) in [6.45, 7) is -1.64. The third-order valence-corrected chi connectivity index (χ3v) is 5.33. The van der Waals surface area contributed by atoms with E-state index < -0.39 is 30.1 Å². The number of carbonyl (C=O) groups excluding carboxylic acids is 2. The summed E-state index contributed by atoms with van der Waals surface area (Å²) < 4.78 is 37.6. The van der Waals surface area contributed by atoms with Gasteiger partial charge in [-0.1, -0.05) is 0 Å². The quantitative estimate of drug-likeness (QED) is 0.376. The van der Waals surface area contributed by atoms with Gasteiger partial charge in [0.05, 0.1) is 6.61 Å². The Labute approximate surface area is 190 Å². The van der Waals surface area contributed by atoms with E-state index in [1.54, 1.807) is 12.4 Å². The maximum Gasteiger partial charge on any atom is 0.405 e. The molecule has 0 unspecified atom stereocenters. The van der Waals surface area contributed by atoms with E-state index >= 15 is 0 Å². The molecule has 0 aromatic carbocycles. The van der Waals surface area contributed by atoms with Gasteiger partial charge in [0.25, 0.3) is 5.91 Å². The van der Waals surface area contributed by atoms with Crippen LogP contribution in [0.5, 0.6) is 0 Å². The van der Waals surface area contributed by atoms with Crippen LogP contribution in [0.1, 0.15) is 23.3 Å². The van der Waals surface area contributed by atoms with E-state index in [0.717, 1.165) is 0 Å². The van der Waals surface area contributed by atoms with Gasteiger partial charge in [0, 0.05) is 43.0 Å². The third-order valence-electron chi connectivity index (χ3n) is 5.33. The molecule has 0 spiro atoms.